The molecule has 0 bridgehead atoms. The van der Waals surface area contributed by atoms with Crippen molar-refractivity contribution in [3.63, 3.8) is 0 Å². The largest absolute Gasteiger partial charge is 0.325 e. The molecule has 1 aromatic carbocycles. The summed E-state index contributed by atoms with van der Waals surface area (Å²) < 4.78 is 12.8. The second-order valence-electron chi connectivity index (χ2n) is 4.88. The van der Waals surface area contributed by atoms with Gasteiger partial charge in [0.15, 0.2) is 0 Å². The number of nitrogens with zero attached hydrogens (tertiary/aromatic N) is 1. The molecular formula is C14H20FN3O. The van der Waals surface area contributed by atoms with Crippen LogP contribution in [-0.4, -0.2) is 43.5 Å². The third kappa shape index (κ3) is 4.01. The first-order valence-corrected chi connectivity index (χ1v) is 6.63. The topological polar surface area (TPSA) is 44.4 Å². The van der Waals surface area contributed by atoms with E-state index in [4.69, 9.17) is 0 Å². The molecule has 1 aromatic rings. The highest BCUT2D eigenvalue weighted by atomic mass is 19.1. The molecule has 0 spiro atoms. The Morgan fingerprint density at radius 3 is 2.84 bits per heavy atom. The van der Waals surface area contributed by atoms with E-state index < -0.39 is 0 Å². The molecule has 0 radical (unpaired) electrons. The van der Waals surface area contributed by atoms with Crippen LogP contribution < -0.4 is 10.6 Å². The number of carbonyl (C=O) groups is 1. The van der Waals surface area contributed by atoms with Gasteiger partial charge in [0.2, 0.25) is 5.91 Å². The molecule has 0 aliphatic carbocycles. The Bertz CT molecular complexity index is 421. The summed E-state index contributed by atoms with van der Waals surface area (Å²) in [4.78, 5) is 14.1. The number of likely N-dealkylation sites (N-methyl/N-ethyl adjacent to an activating group) is 1. The number of nitrogens with one attached hydrogen (secondary N) is 2. The van der Waals surface area contributed by atoms with Crippen molar-refractivity contribution in [2.75, 3.05) is 32.0 Å². The van der Waals surface area contributed by atoms with Gasteiger partial charge in [0.1, 0.15) is 5.82 Å². The Hall–Kier alpha value is -1.46. The monoisotopic (exact) mass is 265 g/mol. The summed E-state index contributed by atoms with van der Waals surface area (Å²) in [5.74, 6) is -0.346. The van der Waals surface area contributed by atoms with Gasteiger partial charge < -0.3 is 10.6 Å². The normalized spacial score (nSPS) is 19.6. The number of amides is 1. The molecule has 1 aliphatic heterocycles. The molecule has 5 heteroatoms. The molecule has 1 fully saturated rings. The van der Waals surface area contributed by atoms with E-state index in [-0.39, 0.29) is 11.7 Å². The van der Waals surface area contributed by atoms with E-state index in [1.54, 1.807) is 12.1 Å². The van der Waals surface area contributed by atoms with Crippen molar-refractivity contribution in [1.29, 1.82) is 0 Å². The summed E-state index contributed by atoms with van der Waals surface area (Å²) in [6, 6.07) is 6.26. The maximum Gasteiger partial charge on any atom is 0.238 e. The Morgan fingerprint density at radius 2 is 2.16 bits per heavy atom. The Labute approximate surface area is 113 Å². The molecular weight excluding hydrogens is 245 g/mol. The Kier molecular flexibility index (Phi) is 4.87. The quantitative estimate of drug-likeness (QED) is 0.847. The number of benzene rings is 1. The van der Waals surface area contributed by atoms with Crippen LogP contribution in [0, 0.1) is 5.82 Å². The van der Waals surface area contributed by atoms with Gasteiger partial charge in [-0.25, -0.2) is 4.39 Å². The molecule has 1 atom stereocenters. The van der Waals surface area contributed by atoms with Crippen molar-refractivity contribution in [1.82, 2.24) is 10.2 Å². The van der Waals surface area contributed by atoms with Crippen LogP contribution in [0.2, 0.25) is 0 Å². The van der Waals surface area contributed by atoms with E-state index in [2.05, 4.69) is 15.5 Å². The van der Waals surface area contributed by atoms with Crippen LogP contribution in [0.4, 0.5) is 10.1 Å². The Morgan fingerprint density at radius 1 is 1.42 bits per heavy atom. The number of halogens is 1. The SMILES string of the molecule is CNCC1CCCN1CC(=O)Nc1ccc(F)cc1. The molecule has 104 valence electrons. The van der Waals surface area contributed by atoms with Crippen LogP contribution >= 0.6 is 0 Å². The fourth-order valence-electron chi connectivity index (χ4n) is 2.49. The number of hydrogen-bond acceptors (Lipinski definition) is 3. The van der Waals surface area contributed by atoms with Crippen molar-refractivity contribution in [2.24, 2.45) is 0 Å². The molecule has 4 nitrogen and oxygen atoms in total. The van der Waals surface area contributed by atoms with Gasteiger partial charge in [0, 0.05) is 18.3 Å². The lowest BCUT2D eigenvalue weighted by Crippen LogP contribution is -2.41. The molecule has 0 saturated carbocycles. The van der Waals surface area contributed by atoms with E-state index in [1.807, 2.05) is 7.05 Å². The van der Waals surface area contributed by atoms with Crippen molar-refractivity contribution >= 4 is 11.6 Å². The van der Waals surface area contributed by atoms with Crippen LogP contribution in [0.5, 0.6) is 0 Å². The first kappa shape index (κ1) is 14.0. The second-order valence-corrected chi connectivity index (χ2v) is 4.88. The van der Waals surface area contributed by atoms with Crippen LogP contribution in [0.1, 0.15) is 12.8 Å². The van der Waals surface area contributed by atoms with Crippen LogP contribution in [0.3, 0.4) is 0 Å². The summed E-state index contributed by atoms with van der Waals surface area (Å²) in [7, 11) is 1.93. The zero-order chi connectivity index (χ0) is 13.7. The summed E-state index contributed by atoms with van der Waals surface area (Å²) in [6.45, 7) is 2.26. The van der Waals surface area contributed by atoms with Crippen LogP contribution in [0.25, 0.3) is 0 Å². The van der Waals surface area contributed by atoms with E-state index in [0.29, 0.717) is 18.3 Å². The number of hydrogen-bond donors (Lipinski definition) is 2. The lowest BCUT2D eigenvalue weighted by Gasteiger charge is -2.23. The molecule has 1 heterocycles. The van der Waals surface area contributed by atoms with Gasteiger partial charge >= 0.3 is 0 Å². The third-order valence-electron chi connectivity index (χ3n) is 3.41. The second kappa shape index (κ2) is 6.63. The molecule has 2 rings (SSSR count). The number of carbonyl (C=O) groups excluding carboxylic acids is 1. The van der Waals surface area contributed by atoms with Gasteiger partial charge in [-0.1, -0.05) is 0 Å². The zero-order valence-electron chi connectivity index (χ0n) is 11.2. The molecule has 2 N–H and O–H groups in total. The van der Waals surface area contributed by atoms with Gasteiger partial charge in [0.05, 0.1) is 6.54 Å². The van der Waals surface area contributed by atoms with Crippen molar-refractivity contribution in [3.05, 3.63) is 30.1 Å². The minimum Gasteiger partial charge on any atom is -0.325 e. The van der Waals surface area contributed by atoms with E-state index >= 15 is 0 Å². The third-order valence-corrected chi connectivity index (χ3v) is 3.41. The van der Waals surface area contributed by atoms with E-state index in [1.165, 1.54) is 12.1 Å². The molecule has 1 unspecified atom stereocenters. The average molecular weight is 265 g/mol. The van der Waals surface area contributed by atoms with Gasteiger partial charge in [0.25, 0.3) is 0 Å². The molecule has 1 saturated heterocycles. The number of likely N-dealkylation sites (tertiary alicyclic amines) is 1. The van der Waals surface area contributed by atoms with Crippen LogP contribution in [-0.2, 0) is 4.79 Å². The van der Waals surface area contributed by atoms with Crippen molar-refractivity contribution in [2.45, 2.75) is 18.9 Å². The molecule has 1 aliphatic rings. The predicted octanol–water partition coefficient (Wildman–Crippen LogP) is 1.45. The minimum atomic E-state index is -0.299. The lowest BCUT2D eigenvalue weighted by molar-refractivity contribution is -0.117. The average Bonchev–Trinajstić information content (AvgIpc) is 2.80. The van der Waals surface area contributed by atoms with E-state index in [9.17, 15) is 9.18 Å². The standard InChI is InChI=1S/C14H20FN3O/c1-16-9-13-3-2-8-18(13)10-14(19)17-12-6-4-11(15)5-7-12/h4-7,13,16H,2-3,8-10H2,1H3,(H,17,19). The highest BCUT2D eigenvalue weighted by Gasteiger charge is 2.25. The highest BCUT2D eigenvalue weighted by molar-refractivity contribution is 5.92. The van der Waals surface area contributed by atoms with E-state index in [0.717, 1.165) is 25.9 Å². The molecule has 0 aromatic heterocycles. The van der Waals surface area contributed by atoms with Gasteiger partial charge in [-0.2, -0.15) is 0 Å². The zero-order valence-corrected chi connectivity index (χ0v) is 11.2. The number of anilines is 1. The number of rotatable bonds is 5. The maximum absolute atomic E-state index is 12.8. The fourth-order valence-corrected chi connectivity index (χ4v) is 2.49. The van der Waals surface area contributed by atoms with Crippen molar-refractivity contribution < 1.29 is 9.18 Å². The Balaban J connectivity index is 1.85. The molecule has 1 amide bonds. The highest BCUT2D eigenvalue weighted by Crippen LogP contribution is 2.16. The van der Waals surface area contributed by atoms with Crippen LogP contribution in [0.15, 0.2) is 24.3 Å². The predicted molar refractivity (Wildman–Crippen MR) is 73.6 cm³/mol. The summed E-state index contributed by atoms with van der Waals surface area (Å²) in [6.07, 6.45) is 2.26. The minimum absolute atomic E-state index is 0.0467. The van der Waals surface area contributed by atoms with Crippen molar-refractivity contribution in [3.8, 4) is 0 Å². The lowest BCUT2D eigenvalue weighted by atomic mass is 10.2. The fraction of sp³-hybridized carbons (Fsp3) is 0.500. The van der Waals surface area contributed by atoms with Gasteiger partial charge in [-0.05, 0) is 50.7 Å². The summed E-state index contributed by atoms with van der Waals surface area (Å²) in [5, 5.41) is 5.94. The first-order valence-electron chi connectivity index (χ1n) is 6.63. The van der Waals surface area contributed by atoms with Gasteiger partial charge in [-0.3, -0.25) is 9.69 Å². The maximum atomic E-state index is 12.8. The first-order chi connectivity index (χ1) is 9.19. The smallest absolute Gasteiger partial charge is 0.238 e. The van der Waals surface area contributed by atoms with Gasteiger partial charge in [-0.15, -0.1) is 0 Å². The summed E-state index contributed by atoms with van der Waals surface area (Å²) >= 11 is 0. The summed E-state index contributed by atoms with van der Waals surface area (Å²) in [5.41, 5.74) is 0.635. The molecule has 19 heavy (non-hydrogen) atoms.